The van der Waals surface area contributed by atoms with Crippen molar-refractivity contribution in [2.24, 2.45) is 5.41 Å². The van der Waals surface area contributed by atoms with E-state index in [9.17, 15) is 29.8 Å². The van der Waals surface area contributed by atoms with Crippen LogP contribution in [0.4, 0.5) is 0 Å². The van der Waals surface area contributed by atoms with Crippen molar-refractivity contribution in [1.82, 2.24) is 0 Å². The van der Waals surface area contributed by atoms with Crippen LogP contribution in [0, 0.1) is 5.41 Å². The molecule has 0 saturated heterocycles. The van der Waals surface area contributed by atoms with Gasteiger partial charge >= 0.3 is 17.2 Å². The van der Waals surface area contributed by atoms with Crippen LogP contribution in [0.1, 0.15) is 11.1 Å². The number of hydrogen-bond acceptors (Lipinski definition) is 8. The van der Waals surface area contributed by atoms with E-state index in [2.05, 4.69) is 0 Å². The first kappa shape index (κ1) is 22.3. The van der Waals surface area contributed by atoms with Crippen molar-refractivity contribution in [3.63, 3.8) is 0 Å². The maximum Gasteiger partial charge on any atom is 0.328 e. The van der Waals surface area contributed by atoms with Crippen LogP contribution in [0.3, 0.4) is 0 Å². The molecule has 0 spiro atoms. The third-order valence-corrected chi connectivity index (χ3v) is 5.18. The van der Waals surface area contributed by atoms with Gasteiger partial charge in [-0.2, -0.15) is 0 Å². The van der Waals surface area contributed by atoms with Crippen molar-refractivity contribution < 1.29 is 38.8 Å². The van der Waals surface area contributed by atoms with E-state index in [4.69, 9.17) is 9.05 Å². The second kappa shape index (κ2) is 9.96. The van der Waals surface area contributed by atoms with Gasteiger partial charge in [0.2, 0.25) is 0 Å². The quantitative estimate of drug-likeness (QED) is 0.319. The number of hydrogen-bond donors (Lipinski definition) is 6. The van der Waals surface area contributed by atoms with E-state index in [-0.39, 0.29) is 0 Å². The molecule has 10 heteroatoms. The highest BCUT2D eigenvalue weighted by atomic mass is 31.2. The van der Waals surface area contributed by atoms with Gasteiger partial charge in [-0.3, -0.25) is 4.52 Å². The third-order valence-electron chi connectivity index (χ3n) is 4.39. The van der Waals surface area contributed by atoms with Crippen LogP contribution < -0.4 is 0 Å². The summed E-state index contributed by atoms with van der Waals surface area (Å²) in [5.74, 6) is 0. The molecule has 148 valence electrons. The molecule has 6 N–H and O–H groups in total. The van der Waals surface area contributed by atoms with Crippen molar-refractivity contribution in [2.45, 2.75) is 5.60 Å². The highest BCUT2D eigenvalue weighted by molar-refractivity contribution is 7.39. The fourth-order valence-electron chi connectivity index (χ4n) is 3.10. The Kier molecular flexibility index (Phi) is 8.21. The van der Waals surface area contributed by atoms with Crippen molar-refractivity contribution in [2.75, 3.05) is 19.8 Å². The zero-order valence-corrected chi connectivity index (χ0v) is 16.1. The Morgan fingerprint density at radius 1 is 0.704 bits per heavy atom. The monoisotopic (exact) mass is 416 g/mol. The van der Waals surface area contributed by atoms with Crippen LogP contribution in [-0.2, 0) is 14.6 Å². The van der Waals surface area contributed by atoms with Gasteiger partial charge in [0.15, 0.2) is 0 Å². The molecule has 0 aliphatic rings. The van der Waals surface area contributed by atoms with Gasteiger partial charge in [-0.05, 0) is 11.1 Å². The summed E-state index contributed by atoms with van der Waals surface area (Å²) in [5, 5.41) is 20.5. The normalized spacial score (nSPS) is 12.7. The highest BCUT2D eigenvalue weighted by Gasteiger charge is 2.56. The average molecular weight is 416 g/mol. The lowest BCUT2D eigenvalue weighted by molar-refractivity contribution is -0.121. The Morgan fingerprint density at radius 3 is 1.48 bits per heavy atom. The Hall–Kier alpha value is -1.02. The molecule has 2 aromatic rings. The summed E-state index contributed by atoms with van der Waals surface area (Å²) in [6, 6.07) is 16.8. The summed E-state index contributed by atoms with van der Waals surface area (Å²) < 4.78 is 10.5. The number of aliphatic hydroxyl groups is 2. The molecular weight excluding hydrogens is 394 g/mol. The summed E-state index contributed by atoms with van der Waals surface area (Å²) in [7, 11) is -5.71. The predicted octanol–water partition coefficient (Wildman–Crippen LogP) is 1.36. The van der Waals surface area contributed by atoms with Crippen molar-refractivity contribution >= 4 is 17.2 Å². The molecule has 0 amide bonds. The molecule has 2 rings (SSSR count). The van der Waals surface area contributed by atoms with Gasteiger partial charge in [0.05, 0.1) is 25.2 Å². The van der Waals surface area contributed by atoms with Gasteiger partial charge in [-0.15, -0.1) is 0 Å². The number of benzene rings is 2. The molecule has 0 radical (unpaired) electrons. The Morgan fingerprint density at radius 2 is 1.15 bits per heavy atom. The molecule has 2 aromatic carbocycles. The molecule has 0 aliphatic heterocycles. The molecule has 0 aromatic heterocycles. The fourth-order valence-corrected chi connectivity index (χ4v) is 4.11. The first-order valence-electron chi connectivity index (χ1n) is 7.92. The van der Waals surface area contributed by atoms with E-state index in [1.54, 1.807) is 60.7 Å². The van der Waals surface area contributed by atoms with Crippen LogP contribution in [0.15, 0.2) is 60.7 Å². The topological polar surface area (TPSA) is 140 Å². The lowest BCUT2D eigenvalue weighted by atomic mass is 9.66. The summed E-state index contributed by atoms with van der Waals surface area (Å²) in [5.41, 5.74) is -2.59. The molecule has 0 heterocycles. The van der Waals surface area contributed by atoms with Crippen molar-refractivity contribution in [1.29, 1.82) is 0 Å². The molecular formula is C17H22O8P2. The van der Waals surface area contributed by atoms with Gasteiger partial charge in [0, 0.05) is 0 Å². The van der Waals surface area contributed by atoms with Crippen LogP contribution in [-0.4, -0.2) is 49.6 Å². The smallest absolute Gasteiger partial charge is 0.328 e. The zero-order valence-electron chi connectivity index (χ0n) is 14.3. The van der Waals surface area contributed by atoms with Crippen molar-refractivity contribution in [3.8, 4) is 0 Å². The van der Waals surface area contributed by atoms with Crippen LogP contribution in [0.25, 0.3) is 0 Å². The Labute approximate surface area is 159 Å². The van der Waals surface area contributed by atoms with Gasteiger partial charge in [0.1, 0.15) is 5.60 Å². The molecule has 0 bridgehead atoms. The Balaban J connectivity index is 2.79. The van der Waals surface area contributed by atoms with E-state index in [0.717, 1.165) is 0 Å². The van der Waals surface area contributed by atoms with E-state index in [1.165, 1.54) is 0 Å². The molecule has 0 aliphatic carbocycles. The van der Waals surface area contributed by atoms with E-state index >= 15 is 0 Å². The lowest BCUT2D eigenvalue weighted by Crippen LogP contribution is -2.55. The minimum Gasteiger partial charge on any atom is -0.395 e. The first-order valence-corrected chi connectivity index (χ1v) is 10.3. The second-order valence-electron chi connectivity index (χ2n) is 5.88. The zero-order chi connectivity index (χ0) is 19.9. The Bertz CT molecular complexity index is 640. The average Bonchev–Trinajstić information content (AvgIpc) is 2.69. The van der Waals surface area contributed by atoms with E-state index in [1.807, 2.05) is 0 Å². The third kappa shape index (κ3) is 4.70. The molecule has 27 heavy (non-hydrogen) atoms. The largest absolute Gasteiger partial charge is 0.395 e. The van der Waals surface area contributed by atoms with Gasteiger partial charge in [0.25, 0.3) is 0 Å². The van der Waals surface area contributed by atoms with E-state index < -0.39 is 48.0 Å². The number of rotatable bonds is 10. The van der Waals surface area contributed by atoms with Crippen LogP contribution in [0.5, 0.6) is 0 Å². The first-order chi connectivity index (χ1) is 12.9. The SMILES string of the molecule is OCC(CO)(COP(O)O)C(OP(O)O)(c1ccccc1)c1ccccc1. The highest BCUT2D eigenvalue weighted by Crippen LogP contribution is 2.54. The van der Waals surface area contributed by atoms with Crippen molar-refractivity contribution in [3.05, 3.63) is 71.8 Å². The minimum absolute atomic E-state index is 0.415. The minimum atomic E-state index is -2.93. The second-order valence-corrected chi connectivity index (χ2v) is 7.33. The van der Waals surface area contributed by atoms with E-state index in [0.29, 0.717) is 11.1 Å². The van der Waals surface area contributed by atoms with Gasteiger partial charge in [-0.25, -0.2) is 0 Å². The van der Waals surface area contributed by atoms with Gasteiger partial charge in [-0.1, -0.05) is 60.7 Å². The summed E-state index contributed by atoms with van der Waals surface area (Å²) in [6.07, 6.45) is 0. The van der Waals surface area contributed by atoms with Crippen LogP contribution in [0.2, 0.25) is 0 Å². The summed E-state index contributed by atoms with van der Waals surface area (Å²) in [6.45, 7) is -1.94. The van der Waals surface area contributed by atoms with Gasteiger partial charge < -0.3 is 34.3 Å². The van der Waals surface area contributed by atoms with Crippen LogP contribution >= 0.6 is 17.2 Å². The standard InChI is InChI=1S/C17H22O8P2/c18-11-16(12-19,13-24-26(20)21)17(25-27(22)23,14-7-3-1-4-8-14)15-9-5-2-6-10-15/h1-10,18-23H,11-13H2. The predicted molar refractivity (Wildman–Crippen MR) is 100 cm³/mol. The lowest BCUT2D eigenvalue weighted by Gasteiger charge is -2.48. The summed E-state index contributed by atoms with van der Waals surface area (Å²) >= 11 is 0. The molecule has 0 fully saturated rings. The molecule has 0 atom stereocenters. The molecule has 8 nitrogen and oxygen atoms in total. The molecule has 0 unspecified atom stereocenters. The summed E-state index contributed by atoms with van der Waals surface area (Å²) in [4.78, 5) is 37.9. The maximum absolute atomic E-state index is 10.2. The molecule has 0 saturated carbocycles. The number of aliphatic hydroxyl groups excluding tert-OH is 2. The maximum atomic E-state index is 10.2. The fraction of sp³-hybridized carbons (Fsp3) is 0.294.